The summed E-state index contributed by atoms with van der Waals surface area (Å²) >= 11 is 1.59. The van der Waals surface area contributed by atoms with Crippen molar-refractivity contribution in [3.63, 3.8) is 0 Å². The van der Waals surface area contributed by atoms with Crippen LogP contribution >= 0.6 is 11.3 Å². The van der Waals surface area contributed by atoms with Gasteiger partial charge in [0.05, 0.1) is 12.1 Å². The fraction of sp³-hybridized carbons (Fsp3) is 0.375. The highest BCUT2D eigenvalue weighted by Crippen LogP contribution is 2.19. The first-order valence-electron chi connectivity index (χ1n) is 7.08. The van der Waals surface area contributed by atoms with Gasteiger partial charge in [0.2, 0.25) is 5.91 Å². The number of benzene rings is 1. The van der Waals surface area contributed by atoms with Crippen LogP contribution in [0, 0.1) is 6.92 Å². The Labute approximate surface area is 129 Å². The van der Waals surface area contributed by atoms with Crippen LogP contribution < -0.4 is 11.1 Å². The van der Waals surface area contributed by atoms with E-state index >= 15 is 0 Å². The van der Waals surface area contributed by atoms with Crippen molar-refractivity contribution in [1.82, 2.24) is 10.3 Å². The molecular formula is C16H21N3OS. The molecule has 1 amide bonds. The van der Waals surface area contributed by atoms with Crippen molar-refractivity contribution in [3.8, 4) is 0 Å². The molecule has 4 nitrogen and oxygen atoms in total. The summed E-state index contributed by atoms with van der Waals surface area (Å²) in [6.45, 7) is 3.93. The third kappa shape index (κ3) is 4.65. The first-order chi connectivity index (χ1) is 10.1. The predicted molar refractivity (Wildman–Crippen MR) is 86.1 cm³/mol. The lowest BCUT2D eigenvalue weighted by Gasteiger charge is -2.16. The average Bonchev–Trinajstić information content (AvgIpc) is 2.92. The lowest BCUT2D eigenvalue weighted by molar-refractivity contribution is -0.123. The molecule has 0 aliphatic carbocycles. The first-order valence-corrected chi connectivity index (χ1v) is 7.90. The van der Waals surface area contributed by atoms with Crippen LogP contribution in [0.4, 0.5) is 0 Å². The molecular weight excluding hydrogens is 282 g/mol. The summed E-state index contributed by atoms with van der Waals surface area (Å²) in [6, 6.07) is 9.47. The van der Waals surface area contributed by atoms with Crippen molar-refractivity contribution in [2.24, 2.45) is 5.73 Å². The van der Waals surface area contributed by atoms with Crippen LogP contribution in [0.3, 0.4) is 0 Å². The van der Waals surface area contributed by atoms with Crippen molar-refractivity contribution >= 4 is 17.2 Å². The monoisotopic (exact) mass is 303 g/mol. The minimum atomic E-state index is -0.492. The molecule has 0 aliphatic heterocycles. The number of rotatable bonds is 6. The Morgan fingerprint density at radius 2 is 2.10 bits per heavy atom. The van der Waals surface area contributed by atoms with Gasteiger partial charge in [-0.2, -0.15) is 0 Å². The van der Waals surface area contributed by atoms with E-state index in [1.165, 1.54) is 5.56 Å². The van der Waals surface area contributed by atoms with Gasteiger partial charge in [-0.3, -0.25) is 4.79 Å². The van der Waals surface area contributed by atoms with Crippen LogP contribution in [0.5, 0.6) is 0 Å². The molecule has 0 aliphatic rings. The second-order valence-electron chi connectivity index (χ2n) is 5.17. The smallest absolute Gasteiger partial charge is 0.237 e. The molecule has 0 spiro atoms. The maximum Gasteiger partial charge on any atom is 0.237 e. The number of hydrogen-bond acceptors (Lipinski definition) is 4. The van der Waals surface area contributed by atoms with Gasteiger partial charge < -0.3 is 11.1 Å². The van der Waals surface area contributed by atoms with E-state index in [-0.39, 0.29) is 11.9 Å². The third-order valence-corrected chi connectivity index (χ3v) is 4.39. The van der Waals surface area contributed by atoms with E-state index in [1.54, 1.807) is 11.3 Å². The molecule has 1 aromatic heterocycles. The number of carbonyl (C=O) groups excluding carboxylic acids is 1. The number of carbonyl (C=O) groups is 1. The number of nitrogens with two attached hydrogens (primary N) is 1. The van der Waals surface area contributed by atoms with Crippen LogP contribution in [0.2, 0.25) is 0 Å². The fourth-order valence-corrected chi connectivity index (χ4v) is 2.83. The molecule has 112 valence electrons. The normalized spacial score (nSPS) is 13.7. The number of amides is 1. The molecule has 0 saturated carbocycles. The molecule has 5 heteroatoms. The van der Waals surface area contributed by atoms with E-state index < -0.39 is 6.04 Å². The Hall–Kier alpha value is -1.72. The molecule has 21 heavy (non-hydrogen) atoms. The zero-order valence-corrected chi connectivity index (χ0v) is 13.2. The molecule has 1 aromatic carbocycles. The summed E-state index contributed by atoms with van der Waals surface area (Å²) in [7, 11) is 0. The minimum absolute atomic E-state index is 0.0982. The molecule has 1 heterocycles. The largest absolute Gasteiger partial charge is 0.346 e. The lowest BCUT2D eigenvalue weighted by Crippen LogP contribution is -2.41. The summed E-state index contributed by atoms with van der Waals surface area (Å²) in [4.78, 5) is 17.5. The average molecular weight is 303 g/mol. The molecule has 0 saturated heterocycles. The van der Waals surface area contributed by atoms with Crippen molar-refractivity contribution in [1.29, 1.82) is 0 Å². The van der Waals surface area contributed by atoms with Gasteiger partial charge in [0.15, 0.2) is 0 Å². The molecule has 2 atom stereocenters. The van der Waals surface area contributed by atoms with E-state index in [4.69, 9.17) is 5.73 Å². The predicted octanol–water partition coefficient (Wildman–Crippen LogP) is 2.59. The second-order valence-corrected chi connectivity index (χ2v) is 6.44. The minimum Gasteiger partial charge on any atom is -0.346 e. The number of aromatic nitrogens is 1. The molecule has 1 unspecified atom stereocenters. The van der Waals surface area contributed by atoms with Gasteiger partial charge in [0, 0.05) is 11.1 Å². The Balaban J connectivity index is 1.82. The fourth-order valence-electron chi connectivity index (χ4n) is 2.05. The second kappa shape index (κ2) is 7.33. The van der Waals surface area contributed by atoms with Gasteiger partial charge in [0.1, 0.15) is 5.01 Å². The van der Waals surface area contributed by atoms with E-state index in [2.05, 4.69) is 10.3 Å². The van der Waals surface area contributed by atoms with E-state index in [9.17, 15) is 4.79 Å². The van der Waals surface area contributed by atoms with E-state index in [0.717, 1.165) is 16.3 Å². The highest BCUT2D eigenvalue weighted by Gasteiger charge is 2.18. The maximum atomic E-state index is 12.1. The standard InChI is InChI=1S/C16H21N3OS/c1-11-10-18-16(21-11)12(2)19-15(20)14(17)9-8-13-6-4-3-5-7-13/h3-7,10,12,14H,8-9,17H2,1-2H3,(H,19,20)/t12?,14-/m0/s1. The molecule has 0 fully saturated rings. The molecule has 0 bridgehead atoms. The zero-order chi connectivity index (χ0) is 15.2. The van der Waals surface area contributed by atoms with Gasteiger partial charge in [-0.1, -0.05) is 30.3 Å². The number of nitrogens with zero attached hydrogens (tertiary/aromatic N) is 1. The molecule has 0 radical (unpaired) electrons. The number of aryl methyl sites for hydroxylation is 2. The highest BCUT2D eigenvalue weighted by molar-refractivity contribution is 7.11. The van der Waals surface area contributed by atoms with Gasteiger partial charge in [0.25, 0.3) is 0 Å². The first kappa shape index (κ1) is 15.7. The molecule has 2 aromatic rings. The van der Waals surface area contributed by atoms with E-state index in [0.29, 0.717) is 6.42 Å². The summed E-state index contributed by atoms with van der Waals surface area (Å²) in [6.07, 6.45) is 3.26. The Bertz CT molecular complexity index is 582. The van der Waals surface area contributed by atoms with Gasteiger partial charge >= 0.3 is 0 Å². The van der Waals surface area contributed by atoms with Crippen molar-refractivity contribution in [2.45, 2.75) is 38.8 Å². The Morgan fingerprint density at radius 1 is 1.38 bits per heavy atom. The van der Waals surface area contributed by atoms with Gasteiger partial charge in [-0.25, -0.2) is 4.98 Å². The van der Waals surface area contributed by atoms with Crippen LogP contribution in [0.1, 0.15) is 34.8 Å². The summed E-state index contributed by atoms with van der Waals surface area (Å²) in [5.74, 6) is -0.119. The number of thiazole rings is 1. The van der Waals surface area contributed by atoms with Gasteiger partial charge in [-0.05, 0) is 32.3 Å². The summed E-state index contributed by atoms with van der Waals surface area (Å²) in [5.41, 5.74) is 7.17. The lowest BCUT2D eigenvalue weighted by atomic mass is 10.1. The van der Waals surface area contributed by atoms with Crippen molar-refractivity contribution < 1.29 is 4.79 Å². The summed E-state index contributed by atoms with van der Waals surface area (Å²) < 4.78 is 0. The zero-order valence-electron chi connectivity index (χ0n) is 12.4. The Kier molecular flexibility index (Phi) is 5.47. The summed E-state index contributed by atoms with van der Waals surface area (Å²) in [5, 5.41) is 3.84. The quantitative estimate of drug-likeness (QED) is 0.862. The highest BCUT2D eigenvalue weighted by atomic mass is 32.1. The topological polar surface area (TPSA) is 68.0 Å². The maximum absolute atomic E-state index is 12.1. The molecule has 3 N–H and O–H groups in total. The Morgan fingerprint density at radius 3 is 2.71 bits per heavy atom. The number of hydrogen-bond donors (Lipinski definition) is 2. The van der Waals surface area contributed by atoms with Crippen molar-refractivity contribution in [2.75, 3.05) is 0 Å². The molecule has 2 rings (SSSR count). The van der Waals surface area contributed by atoms with Crippen LogP contribution in [-0.2, 0) is 11.2 Å². The van der Waals surface area contributed by atoms with Crippen LogP contribution in [0.15, 0.2) is 36.5 Å². The van der Waals surface area contributed by atoms with Crippen LogP contribution in [-0.4, -0.2) is 16.9 Å². The van der Waals surface area contributed by atoms with Gasteiger partial charge in [-0.15, -0.1) is 11.3 Å². The van der Waals surface area contributed by atoms with Crippen molar-refractivity contribution in [3.05, 3.63) is 52.0 Å². The van der Waals surface area contributed by atoms with E-state index in [1.807, 2.05) is 50.4 Å². The van der Waals surface area contributed by atoms with Crippen LogP contribution in [0.25, 0.3) is 0 Å². The SMILES string of the molecule is Cc1cnc(C(C)NC(=O)[C@@H](N)CCc2ccccc2)s1. The number of nitrogens with one attached hydrogen (secondary N) is 1. The third-order valence-electron chi connectivity index (χ3n) is 3.29.